The fourth-order valence-electron chi connectivity index (χ4n) is 2.17. The minimum Gasteiger partial charge on any atom is -0.465 e. The zero-order valence-corrected chi connectivity index (χ0v) is 12.4. The molecule has 0 unspecified atom stereocenters. The van der Waals surface area contributed by atoms with Crippen LogP contribution in [0.4, 0.5) is 5.69 Å². The minimum absolute atomic E-state index is 0.347. The van der Waals surface area contributed by atoms with E-state index in [2.05, 4.69) is 0 Å². The number of para-hydroxylation sites is 1. The molecule has 0 atom stereocenters. The number of esters is 1. The second-order valence-corrected chi connectivity index (χ2v) is 5.51. The summed E-state index contributed by atoms with van der Waals surface area (Å²) in [6.45, 7) is 0. The van der Waals surface area contributed by atoms with Gasteiger partial charge in [-0.3, -0.25) is 9.59 Å². The molecule has 1 heterocycles. The molecule has 0 aromatic heterocycles. The van der Waals surface area contributed by atoms with Gasteiger partial charge >= 0.3 is 11.9 Å². The highest BCUT2D eigenvalue weighted by Gasteiger charge is 2.36. The van der Waals surface area contributed by atoms with Crippen molar-refractivity contribution in [1.29, 1.82) is 0 Å². The third kappa shape index (κ3) is 2.27. The maximum atomic E-state index is 12.2. The molecule has 0 spiro atoms. The number of carbonyl (C=O) groups is 3. The summed E-state index contributed by atoms with van der Waals surface area (Å²) in [4.78, 5) is 36.5. The minimum atomic E-state index is -0.620. The SMILES string of the molecule is COC(=O)c1ccccc1SN1C(=O)C(=O)c2ccccc21. The quantitative estimate of drug-likeness (QED) is 0.495. The van der Waals surface area contributed by atoms with Gasteiger partial charge in [0.1, 0.15) is 0 Å². The van der Waals surface area contributed by atoms with Gasteiger partial charge in [-0.1, -0.05) is 24.3 Å². The van der Waals surface area contributed by atoms with Crippen LogP contribution in [0.5, 0.6) is 0 Å². The highest BCUT2D eigenvalue weighted by molar-refractivity contribution is 8.01. The number of amides is 1. The Bertz CT molecular complexity index is 787. The molecule has 2 aromatic rings. The van der Waals surface area contributed by atoms with E-state index < -0.39 is 17.7 Å². The van der Waals surface area contributed by atoms with Gasteiger partial charge in [0.2, 0.25) is 0 Å². The van der Waals surface area contributed by atoms with Crippen molar-refractivity contribution >= 4 is 35.3 Å². The Hall–Kier alpha value is -2.60. The number of hydrogen-bond donors (Lipinski definition) is 0. The molecule has 22 heavy (non-hydrogen) atoms. The monoisotopic (exact) mass is 313 g/mol. The Labute approximate surface area is 131 Å². The number of Topliss-reactive ketones (excluding diaryl/α,β-unsaturated/α-hetero) is 1. The van der Waals surface area contributed by atoms with Gasteiger partial charge in [-0.25, -0.2) is 9.10 Å². The molecule has 0 saturated carbocycles. The zero-order valence-electron chi connectivity index (χ0n) is 11.6. The van der Waals surface area contributed by atoms with Gasteiger partial charge in [-0.2, -0.15) is 0 Å². The Kier molecular flexibility index (Phi) is 3.68. The van der Waals surface area contributed by atoms with Crippen LogP contribution in [-0.4, -0.2) is 24.8 Å². The van der Waals surface area contributed by atoms with E-state index in [4.69, 9.17) is 4.74 Å². The Morgan fingerprint density at radius 3 is 2.50 bits per heavy atom. The van der Waals surface area contributed by atoms with E-state index in [0.717, 1.165) is 11.9 Å². The lowest BCUT2D eigenvalue weighted by Crippen LogP contribution is -2.23. The number of carbonyl (C=O) groups excluding carboxylic acids is 3. The molecule has 110 valence electrons. The van der Waals surface area contributed by atoms with Crippen molar-refractivity contribution in [3.8, 4) is 0 Å². The summed E-state index contributed by atoms with van der Waals surface area (Å²) in [7, 11) is 1.30. The topological polar surface area (TPSA) is 63.7 Å². The lowest BCUT2D eigenvalue weighted by molar-refractivity contribution is -0.113. The summed E-state index contributed by atoms with van der Waals surface area (Å²) in [5.74, 6) is -1.65. The van der Waals surface area contributed by atoms with Crippen LogP contribution in [0, 0.1) is 0 Å². The van der Waals surface area contributed by atoms with E-state index in [-0.39, 0.29) is 0 Å². The van der Waals surface area contributed by atoms with E-state index in [1.807, 2.05) is 0 Å². The van der Waals surface area contributed by atoms with Gasteiger partial charge in [-0.05, 0) is 36.2 Å². The van der Waals surface area contributed by atoms with Crippen molar-refractivity contribution in [2.45, 2.75) is 4.90 Å². The Balaban J connectivity index is 2.00. The molecule has 0 bridgehead atoms. The highest BCUT2D eigenvalue weighted by atomic mass is 32.2. The molecule has 0 aliphatic carbocycles. The summed E-state index contributed by atoms with van der Waals surface area (Å²) < 4.78 is 6.04. The molecular weight excluding hydrogens is 302 g/mol. The second-order valence-electron chi connectivity index (χ2n) is 4.52. The molecule has 6 heteroatoms. The van der Waals surface area contributed by atoms with Crippen molar-refractivity contribution in [2.24, 2.45) is 0 Å². The van der Waals surface area contributed by atoms with Crippen molar-refractivity contribution in [2.75, 3.05) is 11.4 Å². The first-order chi connectivity index (χ1) is 10.6. The first-order valence-corrected chi connectivity index (χ1v) is 7.24. The van der Waals surface area contributed by atoms with Crippen molar-refractivity contribution in [3.05, 3.63) is 59.7 Å². The normalized spacial score (nSPS) is 13.2. The predicted molar refractivity (Wildman–Crippen MR) is 81.9 cm³/mol. The molecule has 1 aliphatic rings. The number of anilines is 1. The first-order valence-electron chi connectivity index (χ1n) is 6.46. The molecule has 5 nitrogen and oxygen atoms in total. The summed E-state index contributed by atoms with van der Waals surface area (Å²) >= 11 is 1.04. The molecular formula is C16H11NO4S. The lowest BCUT2D eigenvalue weighted by atomic mass is 10.1. The van der Waals surface area contributed by atoms with E-state index in [9.17, 15) is 14.4 Å². The average Bonchev–Trinajstić information content (AvgIpc) is 2.80. The molecule has 2 aromatic carbocycles. The number of ether oxygens (including phenoxy) is 1. The fourth-order valence-corrected chi connectivity index (χ4v) is 3.18. The highest BCUT2D eigenvalue weighted by Crippen LogP contribution is 2.38. The van der Waals surface area contributed by atoms with Gasteiger partial charge in [-0.15, -0.1) is 0 Å². The number of fused-ring (bicyclic) bond motifs is 1. The zero-order chi connectivity index (χ0) is 15.7. The molecule has 0 N–H and O–H groups in total. The Morgan fingerprint density at radius 2 is 1.73 bits per heavy atom. The van der Waals surface area contributed by atoms with E-state index >= 15 is 0 Å². The van der Waals surface area contributed by atoms with Crippen LogP contribution in [0.15, 0.2) is 53.4 Å². The largest absolute Gasteiger partial charge is 0.465 e. The van der Waals surface area contributed by atoms with Crippen LogP contribution in [-0.2, 0) is 9.53 Å². The van der Waals surface area contributed by atoms with Crippen LogP contribution in [0.3, 0.4) is 0 Å². The smallest absolute Gasteiger partial charge is 0.339 e. The standard InChI is InChI=1S/C16H11NO4S/c1-21-16(20)11-7-3-5-9-13(11)22-17-12-8-4-2-6-10(12)14(18)15(17)19/h2-9H,1H3. The number of methoxy groups -OCH3 is 1. The maximum absolute atomic E-state index is 12.2. The molecule has 0 radical (unpaired) electrons. The molecule has 0 fully saturated rings. The Morgan fingerprint density at radius 1 is 1.05 bits per heavy atom. The lowest BCUT2D eigenvalue weighted by Gasteiger charge is -2.16. The predicted octanol–water partition coefficient (Wildman–Crippen LogP) is 2.71. The van der Waals surface area contributed by atoms with Crippen LogP contribution in [0.25, 0.3) is 0 Å². The van der Waals surface area contributed by atoms with Crippen LogP contribution in [0.1, 0.15) is 20.7 Å². The maximum Gasteiger partial charge on any atom is 0.339 e. The van der Waals surface area contributed by atoms with Crippen LogP contribution >= 0.6 is 11.9 Å². The third-order valence-corrected chi connectivity index (χ3v) is 4.33. The van der Waals surface area contributed by atoms with Gasteiger partial charge in [0, 0.05) is 4.90 Å². The molecule has 1 amide bonds. The summed E-state index contributed by atoms with van der Waals surface area (Å²) in [6.07, 6.45) is 0. The van der Waals surface area contributed by atoms with Crippen LogP contribution < -0.4 is 4.31 Å². The number of benzene rings is 2. The van der Waals surface area contributed by atoms with E-state index in [0.29, 0.717) is 21.7 Å². The number of hydrogen-bond acceptors (Lipinski definition) is 5. The average molecular weight is 313 g/mol. The molecule has 1 aliphatic heterocycles. The van der Waals surface area contributed by atoms with Crippen molar-refractivity contribution in [1.82, 2.24) is 0 Å². The number of ketones is 1. The summed E-state index contributed by atoms with van der Waals surface area (Å²) in [6, 6.07) is 13.6. The van der Waals surface area contributed by atoms with Gasteiger partial charge in [0.15, 0.2) is 0 Å². The van der Waals surface area contributed by atoms with E-state index in [1.54, 1.807) is 48.5 Å². The molecule has 0 saturated heterocycles. The van der Waals surface area contributed by atoms with Gasteiger partial charge < -0.3 is 4.74 Å². The van der Waals surface area contributed by atoms with Crippen molar-refractivity contribution < 1.29 is 19.1 Å². The first kappa shape index (κ1) is 14.3. The van der Waals surface area contributed by atoms with Crippen LogP contribution in [0.2, 0.25) is 0 Å². The van der Waals surface area contributed by atoms with E-state index in [1.165, 1.54) is 11.4 Å². The third-order valence-electron chi connectivity index (χ3n) is 3.23. The summed E-state index contributed by atoms with van der Waals surface area (Å²) in [5.41, 5.74) is 1.25. The van der Waals surface area contributed by atoms with Gasteiger partial charge in [0.05, 0.1) is 23.9 Å². The van der Waals surface area contributed by atoms with Crippen molar-refractivity contribution in [3.63, 3.8) is 0 Å². The fraction of sp³-hybridized carbons (Fsp3) is 0.0625. The second kappa shape index (κ2) is 5.65. The summed E-state index contributed by atoms with van der Waals surface area (Å²) in [5, 5.41) is 0. The van der Waals surface area contributed by atoms with Gasteiger partial charge in [0.25, 0.3) is 5.78 Å². The molecule has 3 rings (SSSR count). The number of nitrogens with zero attached hydrogens (tertiary/aromatic N) is 1. The number of rotatable bonds is 3.